The Kier molecular flexibility index (Phi) is 6.75. The van der Waals surface area contributed by atoms with E-state index in [-0.39, 0.29) is 17.5 Å². The number of thiophene rings is 1. The Balaban J connectivity index is 1.74. The summed E-state index contributed by atoms with van der Waals surface area (Å²) in [6, 6.07) is 0. The molecule has 0 aliphatic heterocycles. The standard InChI is InChI=1S/C18H21F3N4O3S2/c1-4-28-15(27)13-10-6-5-9(2)7-11(10)30-14(13)22-12(26)8-29-17-24-23-16(25(17)3)18(19,20)21/h9H,4-8H2,1-3H3,(H,22,26). The minimum absolute atomic E-state index is 0.0256. The normalized spacial score (nSPS) is 16.3. The number of esters is 1. The lowest BCUT2D eigenvalue weighted by Gasteiger charge is -2.18. The van der Waals surface area contributed by atoms with Gasteiger partial charge in [-0.3, -0.25) is 4.79 Å². The third-order valence-corrected chi connectivity index (χ3v) is 6.86. The number of thioether (sulfide) groups is 1. The average molecular weight is 463 g/mol. The first-order chi connectivity index (χ1) is 14.1. The van der Waals surface area contributed by atoms with Crippen LogP contribution in [0.15, 0.2) is 5.16 Å². The number of hydrogen-bond donors (Lipinski definition) is 1. The van der Waals surface area contributed by atoms with Crippen molar-refractivity contribution in [3.05, 3.63) is 21.8 Å². The number of nitrogens with zero attached hydrogens (tertiary/aromatic N) is 3. The summed E-state index contributed by atoms with van der Waals surface area (Å²) >= 11 is 2.19. The molecule has 0 radical (unpaired) electrons. The van der Waals surface area contributed by atoms with Gasteiger partial charge in [0.1, 0.15) is 5.00 Å². The van der Waals surface area contributed by atoms with Crippen molar-refractivity contribution < 1.29 is 27.5 Å². The number of carbonyl (C=O) groups is 2. The summed E-state index contributed by atoms with van der Waals surface area (Å²) in [5.74, 6) is -1.74. The maximum Gasteiger partial charge on any atom is 0.451 e. The molecule has 164 valence electrons. The first-order valence-electron chi connectivity index (χ1n) is 9.32. The molecule has 0 saturated heterocycles. The number of rotatable bonds is 6. The highest BCUT2D eigenvalue weighted by Gasteiger charge is 2.37. The van der Waals surface area contributed by atoms with Gasteiger partial charge in [-0.25, -0.2) is 4.79 Å². The van der Waals surface area contributed by atoms with E-state index < -0.39 is 23.9 Å². The van der Waals surface area contributed by atoms with Crippen LogP contribution in [0.2, 0.25) is 0 Å². The molecule has 1 N–H and O–H groups in total. The molecule has 1 aliphatic carbocycles. The highest BCUT2D eigenvalue weighted by atomic mass is 32.2. The van der Waals surface area contributed by atoms with Crippen molar-refractivity contribution in [3.63, 3.8) is 0 Å². The highest BCUT2D eigenvalue weighted by molar-refractivity contribution is 7.99. The number of amides is 1. The van der Waals surface area contributed by atoms with Crippen LogP contribution in [0.5, 0.6) is 0 Å². The summed E-state index contributed by atoms with van der Waals surface area (Å²) in [6.07, 6.45) is -2.10. The minimum atomic E-state index is -4.62. The molecule has 0 aromatic carbocycles. The van der Waals surface area contributed by atoms with E-state index in [0.717, 1.165) is 46.0 Å². The van der Waals surface area contributed by atoms with Crippen molar-refractivity contribution in [1.29, 1.82) is 0 Å². The number of carbonyl (C=O) groups excluding carboxylic acids is 2. The van der Waals surface area contributed by atoms with Crippen LogP contribution in [-0.4, -0.2) is 39.0 Å². The third-order valence-electron chi connectivity index (χ3n) is 4.67. The SMILES string of the molecule is CCOC(=O)c1c(NC(=O)CSc2nnc(C(F)(F)F)n2C)sc2c1CCC(C)C2. The Hall–Kier alpha value is -2.08. The van der Waals surface area contributed by atoms with Gasteiger partial charge in [0.25, 0.3) is 0 Å². The van der Waals surface area contributed by atoms with Crippen molar-refractivity contribution in [3.8, 4) is 0 Å². The Morgan fingerprint density at radius 3 is 2.73 bits per heavy atom. The number of aromatic nitrogens is 3. The van der Waals surface area contributed by atoms with Crippen LogP contribution in [0, 0.1) is 5.92 Å². The number of alkyl halides is 3. The molecule has 2 aromatic heterocycles. The molecule has 1 amide bonds. The molecule has 2 aromatic rings. The number of fused-ring (bicyclic) bond motifs is 1. The van der Waals surface area contributed by atoms with Crippen LogP contribution < -0.4 is 5.32 Å². The zero-order valence-electron chi connectivity index (χ0n) is 16.6. The second-order valence-electron chi connectivity index (χ2n) is 6.98. The number of nitrogens with one attached hydrogen (secondary N) is 1. The number of ether oxygens (including phenoxy) is 1. The summed E-state index contributed by atoms with van der Waals surface area (Å²) in [4.78, 5) is 26.0. The van der Waals surface area contributed by atoms with Gasteiger partial charge in [-0.15, -0.1) is 21.5 Å². The zero-order valence-corrected chi connectivity index (χ0v) is 18.3. The van der Waals surface area contributed by atoms with Crippen molar-refractivity contribution in [2.24, 2.45) is 13.0 Å². The summed E-state index contributed by atoms with van der Waals surface area (Å²) in [5, 5.41) is 9.76. The fourth-order valence-corrected chi connectivity index (χ4v) is 5.36. The van der Waals surface area contributed by atoms with Gasteiger partial charge in [0.05, 0.1) is 17.9 Å². The van der Waals surface area contributed by atoms with Crippen molar-refractivity contribution in [1.82, 2.24) is 14.8 Å². The van der Waals surface area contributed by atoms with Crippen LogP contribution in [-0.2, 0) is 35.6 Å². The first kappa shape index (κ1) is 22.6. The maximum absolute atomic E-state index is 12.8. The average Bonchev–Trinajstić information content (AvgIpc) is 3.19. The van der Waals surface area contributed by atoms with Gasteiger partial charge in [0, 0.05) is 11.9 Å². The van der Waals surface area contributed by atoms with E-state index in [1.165, 1.54) is 18.4 Å². The molecule has 1 unspecified atom stereocenters. The summed E-state index contributed by atoms with van der Waals surface area (Å²) < 4.78 is 44.4. The first-order valence-corrected chi connectivity index (χ1v) is 11.1. The van der Waals surface area contributed by atoms with Crippen molar-refractivity contribution in [2.45, 2.75) is 44.4 Å². The second kappa shape index (κ2) is 8.96. The van der Waals surface area contributed by atoms with E-state index in [1.54, 1.807) is 6.92 Å². The van der Waals surface area contributed by atoms with E-state index in [9.17, 15) is 22.8 Å². The minimum Gasteiger partial charge on any atom is -0.462 e. The Labute approximate surface area is 179 Å². The zero-order chi connectivity index (χ0) is 22.1. The quantitative estimate of drug-likeness (QED) is 0.517. The molecule has 0 saturated carbocycles. The predicted octanol–water partition coefficient (Wildman–Crippen LogP) is 3.93. The molecular formula is C18H21F3N4O3S2. The Morgan fingerprint density at radius 2 is 2.10 bits per heavy atom. The molecule has 0 spiro atoms. The van der Waals surface area contributed by atoms with Gasteiger partial charge >= 0.3 is 12.1 Å². The lowest BCUT2D eigenvalue weighted by molar-refractivity contribution is -0.147. The smallest absolute Gasteiger partial charge is 0.451 e. The maximum atomic E-state index is 12.8. The molecule has 0 fully saturated rings. The molecule has 1 atom stereocenters. The van der Waals surface area contributed by atoms with Gasteiger partial charge in [-0.2, -0.15) is 13.2 Å². The number of hydrogen-bond acceptors (Lipinski definition) is 7. The van der Waals surface area contributed by atoms with Crippen LogP contribution in [0.4, 0.5) is 18.2 Å². The molecule has 12 heteroatoms. The molecule has 0 bridgehead atoms. The molecular weight excluding hydrogens is 441 g/mol. The number of halogens is 3. The van der Waals surface area contributed by atoms with Crippen LogP contribution >= 0.6 is 23.1 Å². The fourth-order valence-electron chi connectivity index (χ4n) is 3.24. The van der Waals surface area contributed by atoms with Crippen LogP contribution in [0.1, 0.15) is 46.9 Å². The predicted molar refractivity (Wildman–Crippen MR) is 107 cm³/mol. The lowest BCUT2D eigenvalue weighted by atomic mass is 9.88. The topological polar surface area (TPSA) is 86.1 Å². The van der Waals surface area contributed by atoms with E-state index in [4.69, 9.17) is 4.74 Å². The van der Waals surface area contributed by atoms with Gasteiger partial charge in [-0.1, -0.05) is 18.7 Å². The summed E-state index contributed by atoms with van der Waals surface area (Å²) in [5.41, 5.74) is 1.31. The van der Waals surface area contributed by atoms with Crippen LogP contribution in [0.3, 0.4) is 0 Å². The lowest BCUT2D eigenvalue weighted by Crippen LogP contribution is -2.18. The third kappa shape index (κ3) is 4.80. The van der Waals surface area contributed by atoms with E-state index in [0.29, 0.717) is 16.5 Å². The molecule has 3 rings (SSSR count). The van der Waals surface area contributed by atoms with Gasteiger partial charge in [0.15, 0.2) is 5.16 Å². The largest absolute Gasteiger partial charge is 0.462 e. The summed E-state index contributed by atoms with van der Waals surface area (Å²) in [7, 11) is 1.19. The van der Waals surface area contributed by atoms with Crippen LogP contribution in [0.25, 0.3) is 0 Å². The fraction of sp³-hybridized carbons (Fsp3) is 0.556. The van der Waals surface area contributed by atoms with Gasteiger partial charge < -0.3 is 14.6 Å². The van der Waals surface area contributed by atoms with Gasteiger partial charge in [-0.05, 0) is 37.7 Å². The second-order valence-corrected chi connectivity index (χ2v) is 9.02. The van der Waals surface area contributed by atoms with Gasteiger partial charge in [0.2, 0.25) is 11.7 Å². The molecule has 30 heavy (non-hydrogen) atoms. The van der Waals surface area contributed by atoms with E-state index in [2.05, 4.69) is 22.4 Å². The molecule has 1 aliphatic rings. The Bertz CT molecular complexity index is 955. The Morgan fingerprint density at radius 1 is 1.37 bits per heavy atom. The summed E-state index contributed by atoms with van der Waals surface area (Å²) in [6.45, 7) is 4.07. The van der Waals surface area contributed by atoms with E-state index >= 15 is 0 Å². The monoisotopic (exact) mass is 462 g/mol. The van der Waals surface area contributed by atoms with Crippen molar-refractivity contribution >= 4 is 40.0 Å². The molecule has 7 nitrogen and oxygen atoms in total. The highest BCUT2D eigenvalue weighted by Crippen LogP contribution is 2.40. The molecule has 2 heterocycles. The number of anilines is 1. The van der Waals surface area contributed by atoms with E-state index in [1.807, 2.05) is 0 Å². The van der Waals surface area contributed by atoms with Crippen molar-refractivity contribution in [2.75, 3.05) is 17.7 Å².